The number of amides is 1. The first-order valence-corrected chi connectivity index (χ1v) is 9.97. The number of hydrogen-bond donors (Lipinski definition) is 2. The zero-order valence-electron chi connectivity index (χ0n) is 17.0. The monoisotopic (exact) mass is 479 g/mol. The van der Waals surface area contributed by atoms with Gasteiger partial charge in [-0.1, -0.05) is 19.3 Å². The highest BCUT2D eigenvalue weighted by Gasteiger charge is 2.31. The lowest BCUT2D eigenvalue weighted by molar-refractivity contribution is -0.135. The van der Waals surface area contributed by atoms with E-state index >= 15 is 0 Å². The molecule has 1 atom stereocenters. The van der Waals surface area contributed by atoms with E-state index in [9.17, 15) is 4.79 Å². The molecule has 0 radical (unpaired) electrons. The molecule has 1 heterocycles. The minimum Gasteiger partial charge on any atom is -0.355 e. The fourth-order valence-corrected chi connectivity index (χ4v) is 3.68. The molecule has 0 bridgehead atoms. The highest BCUT2D eigenvalue weighted by molar-refractivity contribution is 14.0. The van der Waals surface area contributed by atoms with Crippen LogP contribution in [0.3, 0.4) is 0 Å². The van der Waals surface area contributed by atoms with E-state index in [1.165, 1.54) is 19.3 Å². The van der Waals surface area contributed by atoms with Crippen LogP contribution in [0, 0.1) is 5.92 Å². The molecule has 0 spiro atoms. The first kappa shape index (κ1) is 23.5. The minimum atomic E-state index is 0. The number of hydrogen-bond acceptors (Lipinski definition) is 3. The Kier molecular flexibility index (Phi) is 10.8. The molecule has 1 saturated heterocycles. The molecule has 1 aliphatic carbocycles. The van der Waals surface area contributed by atoms with E-state index in [-0.39, 0.29) is 29.9 Å². The van der Waals surface area contributed by atoms with Crippen LogP contribution in [0.25, 0.3) is 0 Å². The van der Waals surface area contributed by atoms with E-state index in [0.717, 1.165) is 51.4 Å². The highest BCUT2D eigenvalue weighted by atomic mass is 127. The van der Waals surface area contributed by atoms with Gasteiger partial charge in [-0.2, -0.15) is 0 Å². The number of aliphatic imine (C=N–C) groups is 1. The van der Waals surface area contributed by atoms with Crippen molar-refractivity contribution < 1.29 is 4.79 Å². The third kappa shape index (κ3) is 7.21. The molecule has 0 aromatic heterocycles. The quantitative estimate of drug-likeness (QED) is 0.349. The lowest BCUT2D eigenvalue weighted by Crippen LogP contribution is -2.47. The van der Waals surface area contributed by atoms with Crippen LogP contribution in [-0.2, 0) is 4.79 Å². The van der Waals surface area contributed by atoms with Crippen molar-refractivity contribution in [1.82, 2.24) is 20.4 Å². The molecule has 1 aliphatic heterocycles. The van der Waals surface area contributed by atoms with Gasteiger partial charge in [-0.05, 0) is 40.2 Å². The SMILES string of the molecule is CN=C(NCCN(C)C(C)C)NC1CCN(C(=O)C2CCCCC2)C1.I. The number of carbonyl (C=O) groups excluding carboxylic acids is 1. The van der Waals surface area contributed by atoms with Crippen molar-refractivity contribution in [1.29, 1.82) is 0 Å². The molecule has 2 aliphatic rings. The summed E-state index contributed by atoms with van der Waals surface area (Å²) in [6, 6.07) is 0.854. The Bertz CT molecular complexity index is 451. The molecule has 1 saturated carbocycles. The van der Waals surface area contributed by atoms with E-state index in [1.54, 1.807) is 7.05 Å². The van der Waals surface area contributed by atoms with Crippen molar-refractivity contribution in [2.75, 3.05) is 40.3 Å². The average Bonchev–Trinajstić information content (AvgIpc) is 3.09. The molecule has 0 aromatic rings. The Balaban J connectivity index is 0.00000338. The van der Waals surface area contributed by atoms with Gasteiger partial charge in [0.25, 0.3) is 0 Å². The summed E-state index contributed by atoms with van der Waals surface area (Å²) < 4.78 is 0. The first-order chi connectivity index (χ1) is 12.0. The van der Waals surface area contributed by atoms with Gasteiger partial charge in [0.05, 0.1) is 0 Å². The molecular weight excluding hydrogens is 441 g/mol. The summed E-state index contributed by atoms with van der Waals surface area (Å²) in [4.78, 5) is 21.4. The molecule has 2 fully saturated rings. The summed E-state index contributed by atoms with van der Waals surface area (Å²) in [5.41, 5.74) is 0. The standard InChI is InChI=1S/C19H37N5O.HI/c1-15(2)23(4)13-11-21-19(20-3)22-17-10-12-24(14-17)18(25)16-8-6-5-7-9-16;/h15-17H,5-14H2,1-4H3,(H2,20,21,22);1H. The van der Waals surface area contributed by atoms with Crippen LogP contribution in [-0.4, -0.2) is 74.0 Å². The van der Waals surface area contributed by atoms with Gasteiger partial charge in [0.15, 0.2) is 5.96 Å². The fraction of sp³-hybridized carbons (Fsp3) is 0.895. The maximum atomic E-state index is 12.7. The summed E-state index contributed by atoms with van der Waals surface area (Å²) in [5, 5.41) is 6.87. The van der Waals surface area contributed by atoms with Crippen LogP contribution < -0.4 is 10.6 Å². The second-order valence-corrected chi connectivity index (χ2v) is 7.82. The number of nitrogens with one attached hydrogen (secondary N) is 2. The zero-order chi connectivity index (χ0) is 18.2. The van der Waals surface area contributed by atoms with Gasteiger partial charge < -0.3 is 20.4 Å². The van der Waals surface area contributed by atoms with Crippen LogP contribution >= 0.6 is 24.0 Å². The van der Waals surface area contributed by atoms with Crippen molar-refractivity contribution in [3.63, 3.8) is 0 Å². The lowest BCUT2D eigenvalue weighted by Gasteiger charge is -2.26. The molecule has 0 aromatic carbocycles. The van der Waals surface area contributed by atoms with Crippen LogP contribution in [0.4, 0.5) is 0 Å². The first-order valence-electron chi connectivity index (χ1n) is 9.97. The summed E-state index contributed by atoms with van der Waals surface area (Å²) >= 11 is 0. The molecule has 1 amide bonds. The summed E-state index contributed by atoms with van der Waals surface area (Å²) in [6.45, 7) is 7.93. The van der Waals surface area contributed by atoms with E-state index < -0.39 is 0 Å². The zero-order valence-corrected chi connectivity index (χ0v) is 19.3. The van der Waals surface area contributed by atoms with Crippen LogP contribution in [0.1, 0.15) is 52.4 Å². The van der Waals surface area contributed by atoms with Gasteiger partial charge in [-0.3, -0.25) is 9.79 Å². The van der Waals surface area contributed by atoms with E-state index in [2.05, 4.69) is 46.3 Å². The summed E-state index contributed by atoms with van der Waals surface area (Å²) in [5.74, 6) is 1.50. The molecule has 26 heavy (non-hydrogen) atoms. The molecule has 6 nitrogen and oxygen atoms in total. The third-order valence-electron chi connectivity index (χ3n) is 5.66. The minimum absolute atomic E-state index is 0. The fourth-order valence-electron chi connectivity index (χ4n) is 3.68. The number of guanidine groups is 1. The highest BCUT2D eigenvalue weighted by Crippen LogP contribution is 2.26. The van der Waals surface area contributed by atoms with E-state index in [0.29, 0.717) is 18.0 Å². The number of likely N-dealkylation sites (tertiary alicyclic amines) is 1. The maximum Gasteiger partial charge on any atom is 0.225 e. The van der Waals surface area contributed by atoms with Crippen molar-refractivity contribution in [2.45, 2.75) is 64.5 Å². The third-order valence-corrected chi connectivity index (χ3v) is 5.66. The number of likely N-dealkylation sites (N-methyl/N-ethyl adjacent to an activating group) is 1. The van der Waals surface area contributed by atoms with E-state index in [4.69, 9.17) is 0 Å². The van der Waals surface area contributed by atoms with Gasteiger partial charge in [-0.15, -0.1) is 24.0 Å². The van der Waals surface area contributed by atoms with Crippen molar-refractivity contribution in [2.24, 2.45) is 10.9 Å². The van der Waals surface area contributed by atoms with Gasteiger partial charge in [0.1, 0.15) is 0 Å². The van der Waals surface area contributed by atoms with Gasteiger partial charge in [0, 0.05) is 51.2 Å². The predicted molar refractivity (Wildman–Crippen MR) is 119 cm³/mol. The normalized spacial score (nSPS) is 21.8. The summed E-state index contributed by atoms with van der Waals surface area (Å²) in [6.07, 6.45) is 6.90. The molecular formula is C19H38IN5O. The molecule has 2 rings (SSSR count). The molecule has 1 unspecified atom stereocenters. The average molecular weight is 479 g/mol. The Morgan fingerprint density at radius 2 is 1.92 bits per heavy atom. The Morgan fingerprint density at radius 1 is 1.23 bits per heavy atom. The number of nitrogens with zero attached hydrogens (tertiary/aromatic N) is 3. The smallest absolute Gasteiger partial charge is 0.225 e. The Labute approximate surface area is 176 Å². The molecule has 2 N–H and O–H groups in total. The topological polar surface area (TPSA) is 60.0 Å². The molecule has 7 heteroatoms. The number of halogens is 1. The second-order valence-electron chi connectivity index (χ2n) is 7.82. The Hall–Kier alpha value is -0.570. The van der Waals surface area contributed by atoms with E-state index in [1.807, 2.05) is 0 Å². The molecule has 152 valence electrons. The van der Waals surface area contributed by atoms with Gasteiger partial charge in [-0.25, -0.2) is 0 Å². The van der Waals surface area contributed by atoms with Gasteiger partial charge >= 0.3 is 0 Å². The number of carbonyl (C=O) groups is 1. The van der Waals surface area contributed by atoms with Gasteiger partial charge in [0.2, 0.25) is 5.91 Å². The lowest BCUT2D eigenvalue weighted by atomic mass is 9.88. The second kappa shape index (κ2) is 12.0. The largest absolute Gasteiger partial charge is 0.355 e. The van der Waals surface area contributed by atoms with Crippen LogP contribution in [0.15, 0.2) is 4.99 Å². The van der Waals surface area contributed by atoms with Crippen molar-refractivity contribution >= 4 is 35.8 Å². The van der Waals surface area contributed by atoms with Crippen LogP contribution in [0.5, 0.6) is 0 Å². The summed E-state index contributed by atoms with van der Waals surface area (Å²) in [7, 11) is 3.94. The Morgan fingerprint density at radius 3 is 2.54 bits per heavy atom. The van der Waals surface area contributed by atoms with Crippen LogP contribution in [0.2, 0.25) is 0 Å². The maximum absolute atomic E-state index is 12.7. The number of rotatable bonds is 6. The predicted octanol–water partition coefficient (Wildman–Crippen LogP) is 2.29. The van der Waals surface area contributed by atoms with Crippen molar-refractivity contribution in [3.8, 4) is 0 Å². The van der Waals surface area contributed by atoms with Crippen molar-refractivity contribution in [3.05, 3.63) is 0 Å².